The van der Waals surface area contributed by atoms with Gasteiger partial charge in [-0.1, -0.05) is 19.1 Å². The predicted octanol–water partition coefficient (Wildman–Crippen LogP) is 3.60. The van der Waals surface area contributed by atoms with Crippen molar-refractivity contribution in [3.63, 3.8) is 0 Å². The van der Waals surface area contributed by atoms with Crippen LogP contribution in [0.2, 0.25) is 0 Å². The SMILES string of the molecule is CCc1nnc2c3ccccc3nc(Nc3ccc(OC)c(OC)c3)n12. The summed E-state index contributed by atoms with van der Waals surface area (Å²) >= 11 is 0. The van der Waals surface area contributed by atoms with E-state index in [-0.39, 0.29) is 0 Å². The fraction of sp³-hybridized carbons (Fsp3) is 0.211. The van der Waals surface area contributed by atoms with Gasteiger partial charge in [0.2, 0.25) is 5.95 Å². The minimum absolute atomic E-state index is 0.647. The molecule has 0 radical (unpaired) electrons. The van der Waals surface area contributed by atoms with E-state index in [9.17, 15) is 0 Å². The summed E-state index contributed by atoms with van der Waals surface area (Å²) in [5.41, 5.74) is 2.48. The molecule has 7 nitrogen and oxygen atoms in total. The smallest absolute Gasteiger partial charge is 0.215 e. The van der Waals surface area contributed by atoms with Gasteiger partial charge in [0.15, 0.2) is 17.1 Å². The number of aromatic nitrogens is 4. The van der Waals surface area contributed by atoms with E-state index in [0.29, 0.717) is 17.4 Å². The summed E-state index contributed by atoms with van der Waals surface area (Å²) in [4.78, 5) is 4.78. The molecule has 0 aliphatic heterocycles. The van der Waals surface area contributed by atoms with Gasteiger partial charge in [0, 0.05) is 23.6 Å². The van der Waals surface area contributed by atoms with Crippen molar-refractivity contribution in [2.75, 3.05) is 19.5 Å². The van der Waals surface area contributed by atoms with Gasteiger partial charge in [-0.05, 0) is 24.3 Å². The van der Waals surface area contributed by atoms with Crippen molar-refractivity contribution in [2.45, 2.75) is 13.3 Å². The highest BCUT2D eigenvalue weighted by Crippen LogP contribution is 2.31. The Morgan fingerprint density at radius 3 is 2.58 bits per heavy atom. The number of hydrogen-bond acceptors (Lipinski definition) is 6. The summed E-state index contributed by atoms with van der Waals surface area (Å²) in [7, 11) is 3.23. The average molecular weight is 349 g/mol. The number of fused-ring (bicyclic) bond motifs is 3. The molecule has 1 N–H and O–H groups in total. The number of methoxy groups -OCH3 is 2. The molecular weight excluding hydrogens is 330 g/mol. The molecule has 4 rings (SSSR count). The molecule has 26 heavy (non-hydrogen) atoms. The van der Waals surface area contributed by atoms with Crippen molar-refractivity contribution in [1.29, 1.82) is 0 Å². The lowest BCUT2D eigenvalue weighted by Crippen LogP contribution is -2.05. The van der Waals surface area contributed by atoms with E-state index < -0.39 is 0 Å². The molecular formula is C19H19N5O2. The highest BCUT2D eigenvalue weighted by atomic mass is 16.5. The molecule has 2 heterocycles. The first-order valence-corrected chi connectivity index (χ1v) is 8.37. The van der Waals surface area contributed by atoms with E-state index in [1.165, 1.54) is 0 Å². The van der Waals surface area contributed by atoms with Gasteiger partial charge in [-0.25, -0.2) is 9.38 Å². The van der Waals surface area contributed by atoms with Gasteiger partial charge in [0.05, 0.1) is 19.7 Å². The molecule has 0 saturated carbocycles. The van der Waals surface area contributed by atoms with Crippen molar-refractivity contribution in [1.82, 2.24) is 19.6 Å². The maximum atomic E-state index is 5.39. The number of para-hydroxylation sites is 1. The summed E-state index contributed by atoms with van der Waals surface area (Å²) in [6.07, 6.45) is 0.752. The van der Waals surface area contributed by atoms with Gasteiger partial charge >= 0.3 is 0 Å². The zero-order valence-electron chi connectivity index (χ0n) is 14.9. The maximum absolute atomic E-state index is 5.39. The molecule has 2 aromatic carbocycles. The second-order valence-corrected chi connectivity index (χ2v) is 5.78. The molecule has 0 unspecified atom stereocenters. The molecule has 0 amide bonds. The van der Waals surface area contributed by atoms with Crippen LogP contribution in [0.3, 0.4) is 0 Å². The lowest BCUT2D eigenvalue weighted by atomic mass is 10.2. The minimum Gasteiger partial charge on any atom is -0.493 e. The third-order valence-electron chi connectivity index (χ3n) is 4.27. The van der Waals surface area contributed by atoms with Gasteiger partial charge in [0.25, 0.3) is 0 Å². The highest BCUT2D eigenvalue weighted by Gasteiger charge is 2.14. The van der Waals surface area contributed by atoms with Crippen LogP contribution in [0.5, 0.6) is 11.5 Å². The molecule has 0 spiro atoms. The first-order valence-electron chi connectivity index (χ1n) is 8.37. The Morgan fingerprint density at radius 2 is 1.81 bits per heavy atom. The number of aryl methyl sites for hydroxylation is 1. The Morgan fingerprint density at radius 1 is 1.00 bits per heavy atom. The van der Waals surface area contributed by atoms with Crippen LogP contribution in [0, 0.1) is 0 Å². The molecule has 0 atom stereocenters. The van der Waals surface area contributed by atoms with Gasteiger partial charge in [0.1, 0.15) is 5.82 Å². The monoisotopic (exact) mass is 349 g/mol. The second-order valence-electron chi connectivity index (χ2n) is 5.78. The second kappa shape index (κ2) is 6.51. The summed E-state index contributed by atoms with van der Waals surface area (Å²) in [6.45, 7) is 2.05. The standard InChI is InChI=1S/C19H19N5O2/c1-4-17-22-23-18-13-7-5-6-8-14(13)21-19(24(17)18)20-12-9-10-15(25-2)16(11-12)26-3/h5-11H,4H2,1-3H3,(H,20,21). The molecule has 7 heteroatoms. The van der Waals surface area contributed by atoms with Crippen molar-refractivity contribution in [3.05, 3.63) is 48.3 Å². The third kappa shape index (κ3) is 2.57. The van der Waals surface area contributed by atoms with E-state index in [4.69, 9.17) is 14.5 Å². The van der Waals surface area contributed by atoms with Crippen LogP contribution in [0.25, 0.3) is 16.6 Å². The van der Waals surface area contributed by atoms with Crippen LogP contribution in [0.4, 0.5) is 11.6 Å². The number of ether oxygens (including phenoxy) is 2. The van der Waals surface area contributed by atoms with Crippen molar-refractivity contribution >= 4 is 28.2 Å². The Labute approximate surface area is 150 Å². The molecule has 0 fully saturated rings. The molecule has 0 saturated heterocycles. The minimum atomic E-state index is 0.647. The molecule has 0 bridgehead atoms. The highest BCUT2D eigenvalue weighted by molar-refractivity contribution is 5.92. The van der Waals surface area contributed by atoms with Gasteiger partial charge in [-0.2, -0.15) is 0 Å². The van der Waals surface area contributed by atoms with Crippen LogP contribution in [-0.2, 0) is 6.42 Å². The summed E-state index contributed by atoms with van der Waals surface area (Å²) in [5, 5.41) is 13.0. The Balaban J connectivity index is 1.88. The van der Waals surface area contributed by atoms with E-state index >= 15 is 0 Å². The Kier molecular flexibility index (Phi) is 4.04. The molecule has 0 aliphatic carbocycles. The largest absolute Gasteiger partial charge is 0.493 e. The third-order valence-corrected chi connectivity index (χ3v) is 4.27. The molecule has 4 aromatic rings. The fourth-order valence-electron chi connectivity index (χ4n) is 2.99. The zero-order valence-corrected chi connectivity index (χ0v) is 14.9. The topological polar surface area (TPSA) is 73.6 Å². The van der Waals surface area contributed by atoms with Gasteiger partial charge in [-0.15, -0.1) is 10.2 Å². The van der Waals surface area contributed by atoms with E-state index in [2.05, 4.69) is 15.5 Å². The van der Waals surface area contributed by atoms with Crippen molar-refractivity contribution < 1.29 is 9.47 Å². The summed E-state index contributed by atoms with van der Waals surface area (Å²) in [5.74, 6) is 2.83. The summed E-state index contributed by atoms with van der Waals surface area (Å²) < 4.78 is 12.6. The normalized spacial score (nSPS) is 11.0. The van der Waals surface area contributed by atoms with Gasteiger partial charge in [-0.3, -0.25) is 0 Å². The molecule has 0 aliphatic rings. The number of anilines is 2. The lowest BCUT2D eigenvalue weighted by Gasteiger charge is -2.13. The van der Waals surface area contributed by atoms with Crippen LogP contribution in [-0.4, -0.2) is 33.8 Å². The predicted molar refractivity (Wildman–Crippen MR) is 100 cm³/mol. The lowest BCUT2D eigenvalue weighted by molar-refractivity contribution is 0.355. The first kappa shape index (κ1) is 16.1. The number of rotatable bonds is 5. The summed E-state index contributed by atoms with van der Waals surface area (Å²) in [6, 6.07) is 13.6. The quantitative estimate of drug-likeness (QED) is 0.593. The van der Waals surface area contributed by atoms with E-state index in [0.717, 1.165) is 34.5 Å². The number of hydrogen-bond donors (Lipinski definition) is 1. The van der Waals surface area contributed by atoms with Crippen LogP contribution < -0.4 is 14.8 Å². The zero-order chi connectivity index (χ0) is 18.1. The number of benzene rings is 2. The van der Waals surface area contributed by atoms with Crippen LogP contribution in [0.1, 0.15) is 12.7 Å². The molecule has 2 aromatic heterocycles. The van der Waals surface area contributed by atoms with Crippen molar-refractivity contribution in [2.24, 2.45) is 0 Å². The van der Waals surface area contributed by atoms with E-state index in [1.807, 2.05) is 53.8 Å². The van der Waals surface area contributed by atoms with Crippen LogP contribution in [0.15, 0.2) is 42.5 Å². The first-order chi connectivity index (χ1) is 12.7. The Bertz CT molecular complexity index is 1090. The van der Waals surface area contributed by atoms with Crippen LogP contribution >= 0.6 is 0 Å². The number of nitrogens with one attached hydrogen (secondary N) is 1. The molecule has 132 valence electrons. The van der Waals surface area contributed by atoms with Crippen molar-refractivity contribution in [3.8, 4) is 11.5 Å². The Hall–Kier alpha value is -3.35. The van der Waals surface area contributed by atoms with E-state index in [1.54, 1.807) is 14.2 Å². The average Bonchev–Trinajstić information content (AvgIpc) is 3.13. The fourth-order valence-corrected chi connectivity index (χ4v) is 2.99. The number of nitrogens with zero attached hydrogens (tertiary/aromatic N) is 4. The van der Waals surface area contributed by atoms with Gasteiger partial charge < -0.3 is 14.8 Å². The maximum Gasteiger partial charge on any atom is 0.215 e.